The van der Waals surface area contributed by atoms with E-state index in [0.717, 1.165) is 31.0 Å². The van der Waals surface area contributed by atoms with Crippen molar-refractivity contribution < 1.29 is 14.6 Å². The molecule has 2 heterocycles. The molecule has 0 aromatic heterocycles. The minimum Gasteiger partial charge on any atom is -0.486 e. The van der Waals surface area contributed by atoms with Crippen molar-refractivity contribution >= 4 is 0 Å². The number of aliphatic hydroxyl groups is 1. The summed E-state index contributed by atoms with van der Waals surface area (Å²) in [5, 5.41) is 9.23. The second-order valence-electron chi connectivity index (χ2n) is 7.29. The first-order valence-electron chi connectivity index (χ1n) is 9.02. The Morgan fingerprint density at radius 1 is 1.17 bits per heavy atom. The van der Waals surface area contributed by atoms with Crippen LogP contribution in [-0.4, -0.2) is 42.9 Å². The Labute approximate surface area is 138 Å². The van der Waals surface area contributed by atoms with E-state index in [0.29, 0.717) is 19.3 Å². The molecule has 1 fully saturated rings. The van der Waals surface area contributed by atoms with Crippen LogP contribution in [0.2, 0.25) is 0 Å². The summed E-state index contributed by atoms with van der Waals surface area (Å²) in [7, 11) is 0. The van der Waals surface area contributed by atoms with E-state index < -0.39 is 0 Å². The molecule has 126 valence electrons. The molecule has 1 aliphatic carbocycles. The average molecular weight is 317 g/mol. The van der Waals surface area contributed by atoms with Crippen LogP contribution >= 0.6 is 0 Å². The number of ether oxygens (including phenoxy) is 2. The SMILES string of the molecule is CC1c2cc3c(cc2C2(CCCC2)CN1CCCO)OCCO3. The zero-order valence-corrected chi connectivity index (χ0v) is 14.0. The number of benzene rings is 1. The van der Waals surface area contributed by atoms with Gasteiger partial charge in [-0.25, -0.2) is 0 Å². The summed E-state index contributed by atoms with van der Waals surface area (Å²) in [5.41, 5.74) is 3.17. The summed E-state index contributed by atoms with van der Waals surface area (Å²) in [6.45, 7) is 5.92. The van der Waals surface area contributed by atoms with Crippen LogP contribution in [0, 0.1) is 0 Å². The molecule has 2 aliphatic heterocycles. The van der Waals surface area contributed by atoms with Gasteiger partial charge in [0, 0.05) is 31.2 Å². The van der Waals surface area contributed by atoms with Crippen LogP contribution in [0.5, 0.6) is 11.5 Å². The van der Waals surface area contributed by atoms with Gasteiger partial charge in [0.15, 0.2) is 11.5 Å². The van der Waals surface area contributed by atoms with Gasteiger partial charge in [-0.15, -0.1) is 0 Å². The van der Waals surface area contributed by atoms with E-state index >= 15 is 0 Å². The molecule has 0 saturated heterocycles. The normalized spacial score (nSPS) is 25.6. The highest BCUT2D eigenvalue weighted by atomic mass is 16.6. The summed E-state index contributed by atoms with van der Waals surface area (Å²) in [5.74, 6) is 1.83. The molecular formula is C19H27NO3. The fraction of sp³-hybridized carbons (Fsp3) is 0.684. The van der Waals surface area contributed by atoms with Crippen LogP contribution in [0.1, 0.15) is 56.2 Å². The largest absolute Gasteiger partial charge is 0.486 e. The van der Waals surface area contributed by atoms with Gasteiger partial charge in [-0.1, -0.05) is 12.8 Å². The first kappa shape index (κ1) is 15.3. The molecule has 3 aliphatic rings. The summed E-state index contributed by atoms with van der Waals surface area (Å²) >= 11 is 0. The lowest BCUT2D eigenvalue weighted by Gasteiger charge is -2.46. The third-order valence-corrected chi connectivity index (χ3v) is 5.95. The van der Waals surface area contributed by atoms with Gasteiger partial charge in [0.2, 0.25) is 0 Å². The Morgan fingerprint density at radius 3 is 2.57 bits per heavy atom. The van der Waals surface area contributed by atoms with Crippen molar-refractivity contribution in [3.63, 3.8) is 0 Å². The predicted molar refractivity (Wildman–Crippen MR) is 89.3 cm³/mol. The lowest BCUT2D eigenvalue weighted by molar-refractivity contribution is 0.122. The average Bonchev–Trinajstić information content (AvgIpc) is 3.05. The second-order valence-corrected chi connectivity index (χ2v) is 7.29. The molecule has 4 nitrogen and oxygen atoms in total. The molecule has 0 bridgehead atoms. The Balaban J connectivity index is 1.77. The van der Waals surface area contributed by atoms with Crippen molar-refractivity contribution in [3.05, 3.63) is 23.3 Å². The topological polar surface area (TPSA) is 41.9 Å². The molecule has 1 unspecified atom stereocenters. The molecule has 4 heteroatoms. The lowest BCUT2D eigenvalue weighted by Crippen LogP contribution is -2.46. The van der Waals surface area contributed by atoms with Crippen LogP contribution < -0.4 is 9.47 Å². The summed E-state index contributed by atoms with van der Waals surface area (Å²) in [6.07, 6.45) is 6.01. The molecule has 1 spiro atoms. The fourth-order valence-electron chi connectivity index (χ4n) is 4.74. The molecule has 0 amide bonds. The van der Waals surface area contributed by atoms with Gasteiger partial charge >= 0.3 is 0 Å². The monoisotopic (exact) mass is 317 g/mol. The standard InChI is InChI=1S/C19H27NO3/c1-14-15-11-17-18(23-10-9-22-17)12-16(15)19(5-2-3-6-19)13-20(14)7-4-8-21/h11-12,14,21H,2-10,13H2,1H3. The maximum absolute atomic E-state index is 9.23. The third kappa shape index (κ3) is 2.52. The van der Waals surface area contributed by atoms with E-state index in [4.69, 9.17) is 9.47 Å². The first-order valence-corrected chi connectivity index (χ1v) is 9.02. The highest BCUT2D eigenvalue weighted by Gasteiger charge is 2.44. The van der Waals surface area contributed by atoms with Crippen LogP contribution in [0.15, 0.2) is 12.1 Å². The molecule has 1 aromatic rings. The molecular weight excluding hydrogens is 290 g/mol. The van der Waals surface area contributed by atoms with Crippen molar-refractivity contribution in [2.24, 2.45) is 0 Å². The van der Waals surface area contributed by atoms with E-state index in [9.17, 15) is 5.11 Å². The maximum Gasteiger partial charge on any atom is 0.161 e. The van der Waals surface area contributed by atoms with Gasteiger partial charge < -0.3 is 14.6 Å². The number of fused-ring (bicyclic) bond motifs is 3. The van der Waals surface area contributed by atoms with E-state index in [2.05, 4.69) is 24.0 Å². The minimum absolute atomic E-state index is 0.268. The van der Waals surface area contributed by atoms with Crippen LogP contribution in [0.25, 0.3) is 0 Å². The van der Waals surface area contributed by atoms with Gasteiger partial charge in [-0.2, -0.15) is 0 Å². The number of hydrogen-bond acceptors (Lipinski definition) is 4. The number of hydrogen-bond donors (Lipinski definition) is 1. The fourth-order valence-corrected chi connectivity index (χ4v) is 4.74. The van der Waals surface area contributed by atoms with E-state index in [1.807, 2.05) is 0 Å². The summed E-state index contributed by atoms with van der Waals surface area (Å²) in [6, 6.07) is 4.87. The number of aliphatic hydroxyl groups excluding tert-OH is 1. The van der Waals surface area contributed by atoms with E-state index in [1.54, 1.807) is 0 Å². The van der Waals surface area contributed by atoms with Crippen molar-refractivity contribution in [1.82, 2.24) is 4.90 Å². The third-order valence-electron chi connectivity index (χ3n) is 5.95. The van der Waals surface area contributed by atoms with Crippen LogP contribution in [-0.2, 0) is 5.41 Å². The molecule has 1 N–H and O–H groups in total. The Morgan fingerprint density at radius 2 is 1.87 bits per heavy atom. The molecule has 23 heavy (non-hydrogen) atoms. The predicted octanol–water partition coefficient (Wildman–Crippen LogP) is 3.03. The minimum atomic E-state index is 0.268. The van der Waals surface area contributed by atoms with Gasteiger partial charge in [0.25, 0.3) is 0 Å². The van der Waals surface area contributed by atoms with Gasteiger partial charge in [0.05, 0.1) is 0 Å². The second kappa shape index (κ2) is 5.99. The zero-order valence-electron chi connectivity index (χ0n) is 14.0. The van der Waals surface area contributed by atoms with Crippen LogP contribution in [0.4, 0.5) is 0 Å². The summed E-state index contributed by atoms with van der Waals surface area (Å²) in [4.78, 5) is 2.56. The zero-order chi connectivity index (χ0) is 15.9. The Hall–Kier alpha value is -1.26. The maximum atomic E-state index is 9.23. The molecule has 0 radical (unpaired) electrons. The highest BCUT2D eigenvalue weighted by Crippen LogP contribution is 2.51. The molecule has 1 atom stereocenters. The van der Waals surface area contributed by atoms with Crippen molar-refractivity contribution in [1.29, 1.82) is 0 Å². The Bertz CT molecular complexity index is 580. The van der Waals surface area contributed by atoms with Crippen molar-refractivity contribution in [3.8, 4) is 11.5 Å². The lowest BCUT2D eigenvalue weighted by atomic mass is 9.71. The Kier molecular flexibility index (Phi) is 3.98. The highest BCUT2D eigenvalue weighted by molar-refractivity contribution is 5.53. The molecule has 4 rings (SSSR count). The quantitative estimate of drug-likeness (QED) is 0.930. The van der Waals surface area contributed by atoms with Crippen molar-refractivity contribution in [2.75, 3.05) is 32.9 Å². The smallest absolute Gasteiger partial charge is 0.161 e. The number of rotatable bonds is 3. The first-order chi connectivity index (χ1) is 11.2. The van der Waals surface area contributed by atoms with Crippen LogP contribution in [0.3, 0.4) is 0 Å². The van der Waals surface area contributed by atoms with Gasteiger partial charge in [-0.05, 0) is 49.4 Å². The van der Waals surface area contributed by atoms with E-state index in [-0.39, 0.29) is 12.0 Å². The molecule has 1 aromatic carbocycles. The summed E-state index contributed by atoms with van der Waals surface area (Å²) < 4.78 is 11.7. The van der Waals surface area contributed by atoms with Crippen molar-refractivity contribution in [2.45, 2.75) is 50.5 Å². The van der Waals surface area contributed by atoms with Gasteiger partial charge in [0.1, 0.15) is 13.2 Å². The number of nitrogens with zero attached hydrogens (tertiary/aromatic N) is 1. The molecule has 1 saturated carbocycles. The van der Waals surface area contributed by atoms with E-state index in [1.165, 1.54) is 36.8 Å². The van der Waals surface area contributed by atoms with Gasteiger partial charge in [-0.3, -0.25) is 4.90 Å².